The van der Waals surface area contributed by atoms with Crippen LogP contribution in [0.3, 0.4) is 0 Å². The maximum absolute atomic E-state index is 12.5. The van der Waals surface area contributed by atoms with Crippen molar-refractivity contribution in [3.8, 4) is 0 Å². The Labute approximate surface area is 147 Å². The lowest BCUT2D eigenvalue weighted by Gasteiger charge is -2.36. The number of urea groups is 1. The molecule has 1 saturated heterocycles. The quantitative estimate of drug-likeness (QED) is 0.834. The second-order valence-electron chi connectivity index (χ2n) is 6.23. The van der Waals surface area contributed by atoms with Crippen LogP contribution in [0.2, 0.25) is 5.02 Å². The monoisotopic (exact) mass is 347 g/mol. The molecule has 0 bridgehead atoms. The van der Waals surface area contributed by atoms with Crippen molar-refractivity contribution < 1.29 is 9.59 Å². The van der Waals surface area contributed by atoms with Crippen molar-refractivity contribution in [2.24, 2.45) is 5.92 Å². The van der Waals surface area contributed by atoms with E-state index in [4.69, 9.17) is 11.6 Å². The van der Waals surface area contributed by atoms with E-state index in [-0.39, 0.29) is 17.9 Å². The lowest BCUT2D eigenvalue weighted by atomic mass is 9.93. The third-order valence-corrected chi connectivity index (χ3v) is 4.84. The Morgan fingerprint density at radius 1 is 1.00 bits per heavy atom. The fourth-order valence-corrected chi connectivity index (χ4v) is 3.27. The molecule has 128 valence electrons. The molecular formula is C18H22ClN3O2. The number of piperazine rings is 1. The van der Waals surface area contributed by atoms with Gasteiger partial charge in [-0.2, -0.15) is 0 Å². The summed E-state index contributed by atoms with van der Waals surface area (Å²) in [6.07, 6.45) is 7.01. The molecule has 3 rings (SSSR count). The van der Waals surface area contributed by atoms with Crippen LogP contribution in [0.4, 0.5) is 10.5 Å². The maximum atomic E-state index is 12.5. The van der Waals surface area contributed by atoms with E-state index in [0.29, 0.717) is 31.2 Å². The molecule has 0 unspecified atom stereocenters. The van der Waals surface area contributed by atoms with E-state index >= 15 is 0 Å². The molecule has 1 atom stereocenters. The van der Waals surface area contributed by atoms with Gasteiger partial charge < -0.3 is 15.1 Å². The summed E-state index contributed by atoms with van der Waals surface area (Å²) in [7, 11) is 0. The Morgan fingerprint density at radius 2 is 1.67 bits per heavy atom. The number of nitrogens with one attached hydrogen (secondary N) is 1. The lowest BCUT2D eigenvalue weighted by molar-refractivity contribution is -0.137. The summed E-state index contributed by atoms with van der Waals surface area (Å²) >= 11 is 5.84. The van der Waals surface area contributed by atoms with E-state index in [0.717, 1.165) is 24.9 Å². The van der Waals surface area contributed by atoms with E-state index in [1.165, 1.54) is 0 Å². The highest BCUT2D eigenvalue weighted by atomic mass is 35.5. The summed E-state index contributed by atoms with van der Waals surface area (Å²) in [6.45, 7) is 2.33. The number of amides is 3. The van der Waals surface area contributed by atoms with Gasteiger partial charge in [0.05, 0.1) is 0 Å². The molecule has 0 aromatic heterocycles. The van der Waals surface area contributed by atoms with Crippen molar-refractivity contribution in [1.82, 2.24) is 9.80 Å². The Balaban J connectivity index is 1.49. The summed E-state index contributed by atoms with van der Waals surface area (Å²) in [5.74, 6) is 0.349. The molecule has 2 aliphatic rings. The third kappa shape index (κ3) is 4.09. The van der Waals surface area contributed by atoms with Gasteiger partial charge in [-0.25, -0.2) is 4.79 Å². The Morgan fingerprint density at radius 3 is 2.29 bits per heavy atom. The Hall–Kier alpha value is -2.01. The minimum atomic E-state index is -0.134. The van der Waals surface area contributed by atoms with Crippen LogP contribution in [-0.4, -0.2) is 47.9 Å². The average molecular weight is 348 g/mol. The first kappa shape index (κ1) is 16.8. The molecule has 1 aliphatic heterocycles. The fraction of sp³-hybridized carbons (Fsp3) is 0.444. The largest absolute Gasteiger partial charge is 0.339 e. The van der Waals surface area contributed by atoms with Crippen LogP contribution in [0.5, 0.6) is 0 Å². The SMILES string of the molecule is O=C(Nc1ccc(Cl)cc1)N1CCN(C(=O)[C@H]2CC=CCC2)CC1. The predicted molar refractivity (Wildman–Crippen MR) is 95.1 cm³/mol. The molecule has 6 heteroatoms. The van der Waals surface area contributed by atoms with Crippen LogP contribution in [-0.2, 0) is 4.79 Å². The highest BCUT2D eigenvalue weighted by Gasteiger charge is 2.28. The van der Waals surface area contributed by atoms with Crippen molar-refractivity contribution in [3.05, 3.63) is 41.4 Å². The third-order valence-electron chi connectivity index (χ3n) is 4.59. The summed E-state index contributed by atoms with van der Waals surface area (Å²) in [5.41, 5.74) is 0.719. The molecule has 1 aromatic rings. The number of nitrogens with zero attached hydrogens (tertiary/aromatic N) is 2. The number of hydrogen-bond donors (Lipinski definition) is 1. The second kappa shape index (κ2) is 7.71. The standard InChI is InChI=1S/C18H22ClN3O2/c19-15-6-8-16(9-7-15)20-18(24)22-12-10-21(11-13-22)17(23)14-4-2-1-3-5-14/h1-2,6-9,14H,3-5,10-13H2,(H,20,24)/t14-/m0/s1. The lowest BCUT2D eigenvalue weighted by Crippen LogP contribution is -2.53. The van der Waals surface area contributed by atoms with Gasteiger partial charge in [0.15, 0.2) is 0 Å². The Kier molecular flexibility index (Phi) is 5.41. The van der Waals surface area contributed by atoms with Gasteiger partial charge in [-0.15, -0.1) is 0 Å². The molecule has 0 radical (unpaired) electrons. The molecule has 0 spiro atoms. The first-order valence-electron chi connectivity index (χ1n) is 8.39. The zero-order valence-corrected chi connectivity index (χ0v) is 14.3. The second-order valence-corrected chi connectivity index (χ2v) is 6.67. The van der Waals surface area contributed by atoms with Crippen LogP contribution >= 0.6 is 11.6 Å². The van der Waals surface area contributed by atoms with Crippen LogP contribution in [0, 0.1) is 5.92 Å². The van der Waals surface area contributed by atoms with Crippen LogP contribution < -0.4 is 5.32 Å². The summed E-state index contributed by atoms with van der Waals surface area (Å²) in [6, 6.07) is 6.90. The highest BCUT2D eigenvalue weighted by molar-refractivity contribution is 6.30. The molecule has 0 saturated carbocycles. The topological polar surface area (TPSA) is 52.7 Å². The maximum Gasteiger partial charge on any atom is 0.321 e. The van der Waals surface area contributed by atoms with E-state index in [2.05, 4.69) is 17.5 Å². The van der Waals surface area contributed by atoms with Gasteiger partial charge in [0.2, 0.25) is 5.91 Å². The molecule has 1 N–H and O–H groups in total. The van der Waals surface area contributed by atoms with Gasteiger partial charge in [0.1, 0.15) is 0 Å². The molecular weight excluding hydrogens is 326 g/mol. The number of carbonyl (C=O) groups excluding carboxylic acids is 2. The van der Waals surface area contributed by atoms with E-state index in [1.807, 2.05) is 4.90 Å². The summed E-state index contributed by atoms with van der Waals surface area (Å²) in [5, 5.41) is 3.50. The van der Waals surface area contributed by atoms with E-state index in [9.17, 15) is 9.59 Å². The van der Waals surface area contributed by atoms with Crippen molar-refractivity contribution in [2.45, 2.75) is 19.3 Å². The number of hydrogen-bond acceptors (Lipinski definition) is 2. The van der Waals surface area contributed by atoms with Gasteiger partial charge in [-0.3, -0.25) is 4.79 Å². The number of benzene rings is 1. The van der Waals surface area contributed by atoms with Crippen molar-refractivity contribution in [1.29, 1.82) is 0 Å². The summed E-state index contributed by atoms with van der Waals surface area (Å²) < 4.78 is 0. The first-order valence-corrected chi connectivity index (χ1v) is 8.76. The van der Waals surface area contributed by atoms with E-state index in [1.54, 1.807) is 29.2 Å². The van der Waals surface area contributed by atoms with Crippen LogP contribution in [0.25, 0.3) is 0 Å². The number of carbonyl (C=O) groups is 2. The van der Waals surface area contributed by atoms with Gasteiger partial charge >= 0.3 is 6.03 Å². The number of halogens is 1. The molecule has 1 aliphatic carbocycles. The zero-order chi connectivity index (χ0) is 16.9. The molecule has 5 nitrogen and oxygen atoms in total. The molecule has 3 amide bonds. The smallest absolute Gasteiger partial charge is 0.321 e. The van der Waals surface area contributed by atoms with Crippen LogP contribution in [0.15, 0.2) is 36.4 Å². The minimum absolute atomic E-state index is 0.115. The van der Waals surface area contributed by atoms with Gasteiger partial charge in [0, 0.05) is 42.8 Å². The van der Waals surface area contributed by atoms with Gasteiger partial charge in [-0.05, 0) is 43.5 Å². The average Bonchev–Trinajstić information content (AvgIpc) is 2.64. The van der Waals surface area contributed by atoms with Gasteiger partial charge in [-0.1, -0.05) is 23.8 Å². The predicted octanol–water partition coefficient (Wildman–Crippen LogP) is 3.37. The van der Waals surface area contributed by atoms with Crippen molar-refractivity contribution >= 4 is 29.2 Å². The van der Waals surface area contributed by atoms with Gasteiger partial charge in [0.25, 0.3) is 0 Å². The van der Waals surface area contributed by atoms with Crippen molar-refractivity contribution in [2.75, 3.05) is 31.5 Å². The molecule has 1 fully saturated rings. The molecule has 24 heavy (non-hydrogen) atoms. The Bertz CT molecular complexity index is 622. The molecule has 1 heterocycles. The summed E-state index contributed by atoms with van der Waals surface area (Å²) in [4.78, 5) is 28.5. The first-order chi connectivity index (χ1) is 11.6. The molecule has 1 aromatic carbocycles. The number of allylic oxidation sites excluding steroid dienone is 2. The van der Waals surface area contributed by atoms with Crippen LogP contribution in [0.1, 0.15) is 19.3 Å². The van der Waals surface area contributed by atoms with E-state index < -0.39 is 0 Å². The highest BCUT2D eigenvalue weighted by Crippen LogP contribution is 2.21. The fourth-order valence-electron chi connectivity index (χ4n) is 3.14. The van der Waals surface area contributed by atoms with Crippen molar-refractivity contribution in [3.63, 3.8) is 0 Å². The minimum Gasteiger partial charge on any atom is -0.339 e. The number of rotatable bonds is 2. The zero-order valence-electron chi connectivity index (χ0n) is 13.6. The normalized spacial score (nSPS) is 20.8. The number of anilines is 1.